The molecule has 1 aliphatic rings. The van der Waals surface area contributed by atoms with E-state index >= 15 is 0 Å². The maximum absolute atomic E-state index is 11.7. The standard InChI is InChI=1S/C14H18N2O4/c1-19-13(17)10-5-6-11(15-8-10)9-16-7-3-4-12(16)14(18)20-2/h5-6,8,12H,3-4,7,9H2,1-2H3. The lowest BCUT2D eigenvalue weighted by molar-refractivity contribution is -0.146. The van der Waals surface area contributed by atoms with Crippen LogP contribution in [-0.4, -0.2) is 48.6 Å². The van der Waals surface area contributed by atoms with Crippen LogP contribution in [0.15, 0.2) is 18.3 Å². The van der Waals surface area contributed by atoms with Crippen molar-refractivity contribution in [2.75, 3.05) is 20.8 Å². The number of methoxy groups -OCH3 is 2. The van der Waals surface area contributed by atoms with Gasteiger partial charge in [0.05, 0.1) is 25.5 Å². The number of pyridine rings is 1. The monoisotopic (exact) mass is 278 g/mol. The lowest BCUT2D eigenvalue weighted by Crippen LogP contribution is -2.36. The molecule has 20 heavy (non-hydrogen) atoms. The van der Waals surface area contributed by atoms with Crippen LogP contribution in [0.5, 0.6) is 0 Å². The number of likely N-dealkylation sites (tertiary alicyclic amines) is 1. The van der Waals surface area contributed by atoms with Crippen molar-refractivity contribution in [3.05, 3.63) is 29.6 Å². The van der Waals surface area contributed by atoms with Crippen molar-refractivity contribution in [3.63, 3.8) is 0 Å². The molecule has 0 saturated carbocycles. The molecular weight excluding hydrogens is 260 g/mol. The van der Waals surface area contributed by atoms with E-state index in [4.69, 9.17) is 4.74 Å². The highest BCUT2D eigenvalue weighted by atomic mass is 16.5. The maximum Gasteiger partial charge on any atom is 0.339 e. The van der Waals surface area contributed by atoms with Crippen molar-refractivity contribution in [1.82, 2.24) is 9.88 Å². The molecule has 0 radical (unpaired) electrons. The average molecular weight is 278 g/mol. The third-order valence-corrected chi connectivity index (χ3v) is 3.45. The molecular formula is C14H18N2O4. The highest BCUT2D eigenvalue weighted by molar-refractivity contribution is 5.88. The van der Waals surface area contributed by atoms with Gasteiger partial charge in [0.15, 0.2) is 0 Å². The van der Waals surface area contributed by atoms with Gasteiger partial charge in [-0.15, -0.1) is 0 Å². The highest BCUT2D eigenvalue weighted by Crippen LogP contribution is 2.20. The summed E-state index contributed by atoms with van der Waals surface area (Å²) in [4.78, 5) is 29.3. The van der Waals surface area contributed by atoms with Crippen LogP contribution < -0.4 is 0 Å². The van der Waals surface area contributed by atoms with Crippen LogP contribution in [0.4, 0.5) is 0 Å². The van der Waals surface area contributed by atoms with E-state index in [0.717, 1.165) is 25.1 Å². The summed E-state index contributed by atoms with van der Waals surface area (Å²) in [5.74, 6) is -0.605. The molecule has 0 bridgehead atoms. The summed E-state index contributed by atoms with van der Waals surface area (Å²) in [6.45, 7) is 1.42. The third kappa shape index (κ3) is 3.14. The quantitative estimate of drug-likeness (QED) is 0.766. The maximum atomic E-state index is 11.7. The second-order valence-corrected chi connectivity index (χ2v) is 4.68. The minimum Gasteiger partial charge on any atom is -0.468 e. The van der Waals surface area contributed by atoms with Crippen molar-refractivity contribution in [2.24, 2.45) is 0 Å². The Labute approximate surface area is 117 Å². The SMILES string of the molecule is COC(=O)c1ccc(CN2CCCC2C(=O)OC)nc1. The van der Waals surface area contributed by atoms with E-state index in [1.165, 1.54) is 20.4 Å². The largest absolute Gasteiger partial charge is 0.468 e. The summed E-state index contributed by atoms with van der Waals surface area (Å²) in [6, 6.07) is 3.26. The molecule has 0 spiro atoms. The first-order valence-corrected chi connectivity index (χ1v) is 6.51. The Morgan fingerprint density at radius 2 is 2.15 bits per heavy atom. The van der Waals surface area contributed by atoms with E-state index in [9.17, 15) is 9.59 Å². The summed E-state index contributed by atoms with van der Waals surface area (Å²) in [5, 5.41) is 0. The van der Waals surface area contributed by atoms with Crippen LogP contribution in [0.1, 0.15) is 28.9 Å². The van der Waals surface area contributed by atoms with Gasteiger partial charge in [0.25, 0.3) is 0 Å². The fourth-order valence-electron chi connectivity index (χ4n) is 2.38. The summed E-state index contributed by atoms with van der Waals surface area (Å²) >= 11 is 0. The number of carbonyl (C=O) groups excluding carboxylic acids is 2. The van der Waals surface area contributed by atoms with Gasteiger partial charge in [0.2, 0.25) is 0 Å². The topological polar surface area (TPSA) is 68.7 Å². The number of hydrogen-bond donors (Lipinski definition) is 0. The van der Waals surface area contributed by atoms with Crippen molar-refractivity contribution < 1.29 is 19.1 Å². The molecule has 1 aromatic heterocycles. The van der Waals surface area contributed by atoms with E-state index < -0.39 is 5.97 Å². The van der Waals surface area contributed by atoms with Crippen LogP contribution in [0.2, 0.25) is 0 Å². The molecule has 6 heteroatoms. The second kappa shape index (κ2) is 6.47. The Hall–Kier alpha value is -1.95. The summed E-state index contributed by atoms with van der Waals surface area (Å²) in [6.07, 6.45) is 3.28. The molecule has 0 aromatic carbocycles. The van der Waals surface area contributed by atoms with Gasteiger partial charge in [-0.05, 0) is 31.5 Å². The molecule has 1 atom stereocenters. The normalized spacial score (nSPS) is 18.8. The molecule has 1 aromatic rings. The number of rotatable bonds is 4. The van der Waals surface area contributed by atoms with Gasteiger partial charge in [-0.2, -0.15) is 0 Å². The zero-order valence-electron chi connectivity index (χ0n) is 11.7. The first kappa shape index (κ1) is 14.5. The van der Waals surface area contributed by atoms with Gasteiger partial charge >= 0.3 is 11.9 Å². The fourth-order valence-corrected chi connectivity index (χ4v) is 2.38. The van der Waals surface area contributed by atoms with E-state index in [1.54, 1.807) is 12.1 Å². The predicted octanol–water partition coefficient (Wildman–Crippen LogP) is 1.01. The molecule has 6 nitrogen and oxygen atoms in total. The minimum absolute atomic E-state index is 0.193. The highest BCUT2D eigenvalue weighted by Gasteiger charge is 2.31. The van der Waals surface area contributed by atoms with Gasteiger partial charge < -0.3 is 9.47 Å². The summed E-state index contributed by atoms with van der Waals surface area (Å²) in [7, 11) is 2.74. The van der Waals surface area contributed by atoms with Gasteiger partial charge in [0.1, 0.15) is 6.04 Å². The first-order valence-electron chi connectivity index (χ1n) is 6.51. The van der Waals surface area contributed by atoms with Crippen molar-refractivity contribution in [1.29, 1.82) is 0 Å². The number of aromatic nitrogens is 1. The van der Waals surface area contributed by atoms with E-state index in [2.05, 4.69) is 9.72 Å². The van der Waals surface area contributed by atoms with Crippen molar-refractivity contribution >= 4 is 11.9 Å². The number of esters is 2. The van der Waals surface area contributed by atoms with Gasteiger partial charge in [-0.25, -0.2) is 4.79 Å². The Bertz CT molecular complexity index is 486. The zero-order chi connectivity index (χ0) is 14.5. The Morgan fingerprint density at radius 1 is 1.35 bits per heavy atom. The van der Waals surface area contributed by atoms with Gasteiger partial charge in [-0.1, -0.05) is 0 Å². The van der Waals surface area contributed by atoms with E-state index in [-0.39, 0.29) is 12.0 Å². The van der Waals surface area contributed by atoms with Crippen LogP contribution in [0.3, 0.4) is 0 Å². The molecule has 2 rings (SSSR count). The lowest BCUT2D eigenvalue weighted by Gasteiger charge is -2.21. The van der Waals surface area contributed by atoms with Gasteiger partial charge in [0, 0.05) is 12.7 Å². The Kier molecular flexibility index (Phi) is 4.68. The molecule has 0 N–H and O–H groups in total. The van der Waals surface area contributed by atoms with E-state index in [0.29, 0.717) is 12.1 Å². The molecule has 1 aliphatic heterocycles. The first-order chi connectivity index (χ1) is 9.65. The van der Waals surface area contributed by atoms with Crippen LogP contribution in [-0.2, 0) is 20.8 Å². The smallest absolute Gasteiger partial charge is 0.339 e. The molecule has 1 saturated heterocycles. The number of ether oxygens (including phenoxy) is 2. The molecule has 2 heterocycles. The number of hydrogen-bond acceptors (Lipinski definition) is 6. The fraction of sp³-hybridized carbons (Fsp3) is 0.500. The third-order valence-electron chi connectivity index (χ3n) is 3.45. The Morgan fingerprint density at radius 3 is 2.75 bits per heavy atom. The zero-order valence-corrected chi connectivity index (χ0v) is 11.7. The molecule has 1 fully saturated rings. The molecule has 1 unspecified atom stereocenters. The molecule has 0 amide bonds. The summed E-state index contributed by atoms with van der Waals surface area (Å²) < 4.78 is 9.43. The molecule has 0 aliphatic carbocycles. The Balaban J connectivity index is 2.02. The number of nitrogens with zero attached hydrogens (tertiary/aromatic N) is 2. The number of carbonyl (C=O) groups is 2. The van der Waals surface area contributed by atoms with Crippen LogP contribution in [0.25, 0.3) is 0 Å². The van der Waals surface area contributed by atoms with Crippen LogP contribution in [0, 0.1) is 0 Å². The molecule has 108 valence electrons. The van der Waals surface area contributed by atoms with Gasteiger partial charge in [-0.3, -0.25) is 14.7 Å². The van der Waals surface area contributed by atoms with Crippen LogP contribution >= 0.6 is 0 Å². The average Bonchev–Trinajstić information content (AvgIpc) is 2.94. The minimum atomic E-state index is -0.405. The second-order valence-electron chi connectivity index (χ2n) is 4.68. The summed E-state index contributed by atoms with van der Waals surface area (Å²) in [5.41, 5.74) is 1.23. The van der Waals surface area contributed by atoms with Crippen molar-refractivity contribution in [3.8, 4) is 0 Å². The van der Waals surface area contributed by atoms with Crippen molar-refractivity contribution in [2.45, 2.75) is 25.4 Å². The van der Waals surface area contributed by atoms with E-state index in [1.807, 2.05) is 4.90 Å². The lowest BCUT2D eigenvalue weighted by atomic mass is 10.2. The predicted molar refractivity (Wildman–Crippen MR) is 71.0 cm³/mol.